The normalized spacial score (nSPS) is 10.9. The van der Waals surface area contributed by atoms with Crippen molar-refractivity contribution in [1.29, 1.82) is 0 Å². The highest BCUT2D eigenvalue weighted by molar-refractivity contribution is 6.11. The second kappa shape index (κ2) is 8.52. The predicted octanol–water partition coefficient (Wildman–Crippen LogP) is 3.39. The fourth-order valence-electron chi connectivity index (χ4n) is 2.73. The summed E-state index contributed by atoms with van der Waals surface area (Å²) in [6.07, 6.45) is 0. The molecule has 0 fully saturated rings. The number of nitrogens with zero attached hydrogens (tertiary/aromatic N) is 1. The van der Waals surface area contributed by atoms with Gasteiger partial charge in [0.15, 0.2) is 0 Å². The van der Waals surface area contributed by atoms with Crippen molar-refractivity contribution in [1.82, 2.24) is 5.32 Å². The Bertz CT molecular complexity index is 757. The van der Waals surface area contributed by atoms with E-state index in [0.29, 0.717) is 18.8 Å². The molecule has 0 aliphatic rings. The van der Waals surface area contributed by atoms with Crippen molar-refractivity contribution in [2.75, 3.05) is 18.6 Å². The molecule has 2 aromatic rings. The van der Waals surface area contributed by atoms with Crippen molar-refractivity contribution in [2.24, 2.45) is 5.41 Å². The molecule has 1 N–H and O–H groups in total. The smallest absolute Gasteiger partial charge is 0.242 e. The highest BCUT2D eigenvalue weighted by atomic mass is 16.5. The Labute approximate surface area is 155 Å². The Hall–Kier alpha value is -2.82. The van der Waals surface area contributed by atoms with Crippen LogP contribution in [0.4, 0.5) is 5.69 Å². The Kier molecular flexibility index (Phi) is 6.39. The average molecular weight is 354 g/mol. The maximum absolute atomic E-state index is 13.0. The van der Waals surface area contributed by atoms with Gasteiger partial charge in [0, 0.05) is 24.3 Å². The van der Waals surface area contributed by atoms with Crippen LogP contribution in [-0.2, 0) is 16.1 Å². The molecule has 0 aromatic heterocycles. The molecule has 0 aliphatic heterocycles. The molecule has 0 spiro atoms. The number of benzene rings is 2. The number of ether oxygens (including phenoxy) is 1. The lowest BCUT2D eigenvalue weighted by molar-refractivity contribution is -0.139. The standard InChI is InChI=1S/C21H26N2O3/c1-5-23(17-12-7-6-8-13-17)20(25)21(2,3)19(24)22-15-16-11-9-10-14-18(16)26-4/h6-14H,5,15H2,1-4H3,(H,22,24). The van der Waals surface area contributed by atoms with Crippen molar-refractivity contribution < 1.29 is 14.3 Å². The van der Waals surface area contributed by atoms with E-state index in [9.17, 15) is 9.59 Å². The van der Waals surface area contributed by atoms with Gasteiger partial charge in [-0.1, -0.05) is 36.4 Å². The first-order chi connectivity index (χ1) is 12.4. The molecule has 0 aliphatic carbocycles. The third-order valence-electron chi connectivity index (χ3n) is 4.36. The zero-order valence-corrected chi connectivity index (χ0v) is 15.8. The van der Waals surface area contributed by atoms with Crippen molar-refractivity contribution in [2.45, 2.75) is 27.3 Å². The minimum Gasteiger partial charge on any atom is -0.496 e. The monoisotopic (exact) mass is 354 g/mol. The summed E-state index contributed by atoms with van der Waals surface area (Å²) < 4.78 is 5.30. The molecule has 0 heterocycles. The van der Waals surface area contributed by atoms with Gasteiger partial charge in [0.1, 0.15) is 11.2 Å². The van der Waals surface area contributed by atoms with Crippen LogP contribution < -0.4 is 15.0 Å². The zero-order chi connectivity index (χ0) is 19.2. The minimum atomic E-state index is -1.19. The maximum atomic E-state index is 13.0. The first kappa shape index (κ1) is 19.5. The summed E-state index contributed by atoms with van der Waals surface area (Å²) in [5.41, 5.74) is 0.459. The number of methoxy groups -OCH3 is 1. The SMILES string of the molecule is CCN(C(=O)C(C)(C)C(=O)NCc1ccccc1OC)c1ccccc1. The number of rotatable bonds is 7. The molecule has 2 aromatic carbocycles. The molecule has 138 valence electrons. The van der Waals surface area contributed by atoms with E-state index in [1.807, 2.05) is 61.5 Å². The van der Waals surface area contributed by atoms with Crippen LogP contribution in [0.5, 0.6) is 5.75 Å². The number of amides is 2. The summed E-state index contributed by atoms with van der Waals surface area (Å²) in [6.45, 7) is 5.99. The van der Waals surface area contributed by atoms with E-state index >= 15 is 0 Å². The van der Waals surface area contributed by atoms with Gasteiger partial charge in [-0.3, -0.25) is 9.59 Å². The van der Waals surface area contributed by atoms with Crippen LogP contribution in [0, 0.1) is 5.41 Å². The van der Waals surface area contributed by atoms with Gasteiger partial charge in [-0.25, -0.2) is 0 Å². The van der Waals surface area contributed by atoms with Crippen molar-refractivity contribution in [3.8, 4) is 5.75 Å². The highest BCUT2D eigenvalue weighted by Gasteiger charge is 2.39. The van der Waals surface area contributed by atoms with Gasteiger partial charge in [0.25, 0.3) is 0 Å². The summed E-state index contributed by atoms with van der Waals surface area (Å²) in [5.74, 6) is 0.155. The van der Waals surface area contributed by atoms with E-state index in [1.165, 1.54) is 0 Å². The second-order valence-electron chi connectivity index (χ2n) is 6.50. The summed E-state index contributed by atoms with van der Waals surface area (Å²) >= 11 is 0. The molecule has 0 saturated heterocycles. The molecule has 5 nitrogen and oxygen atoms in total. The number of nitrogens with one attached hydrogen (secondary N) is 1. The van der Waals surface area contributed by atoms with Gasteiger partial charge in [0.05, 0.1) is 7.11 Å². The van der Waals surface area contributed by atoms with E-state index in [-0.39, 0.29) is 11.8 Å². The molecule has 0 saturated carbocycles. The first-order valence-electron chi connectivity index (χ1n) is 8.69. The summed E-state index contributed by atoms with van der Waals surface area (Å²) in [4.78, 5) is 27.4. The molecule has 0 unspecified atom stereocenters. The maximum Gasteiger partial charge on any atom is 0.242 e. The van der Waals surface area contributed by atoms with Crippen LogP contribution in [0.15, 0.2) is 54.6 Å². The number of hydrogen-bond donors (Lipinski definition) is 1. The van der Waals surface area contributed by atoms with E-state index in [2.05, 4.69) is 5.32 Å². The molecule has 0 atom stereocenters. The Morgan fingerprint density at radius 3 is 2.27 bits per heavy atom. The van der Waals surface area contributed by atoms with E-state index < -0.39 is 5.41 Å². The molecule has 0 bridgehead atoms. The summed E-state index contributed by atoms with van der Waals surface area (Å²) in [6, 6.07) is 16.9. The predicted molar refractivity (Wildman–Crippen MR) is 103 cm³/mol. The Morgan fingerprint density at radius 2 is 1.65 bits per heavy atom. The first-order valence-corrected chi connectivity index (χ1v) is 8.69. The summed E-state index contributed by atoms with van der Waals surface area (Å²) in [7, 11) is 1.59. The number of para-hydroxylation sites is 2. The quantitative estimate of drug-likeness (QED) is 0.776. The number of carbonyl (C=O) groups is 2. The van der Waals surface area contributed by atoms with Crippen LogP contribution in [0.25, 0.3) is 0 Å². The largest absolute Gasteiger partial charge is 0.496 e. The van der Waals surface area contributed by atoms with Gasteiger partial charge < -0.3 is 15.0 Å². The van der Waals surface area contributed by atoms with E-state index in [4.69, 9.17) is 4.74 Å². The Balaban J connectivity index is 2.12. The van der Waals surface area contributed by atoms with Crippen molar-refractivity contribution >= 4 is 17.5 Å². The van der Waals surface area contributed by atoms with Gasteiger partial charge in [-0.05, 0) is 39.0 Å². The van der Waals surface area contributed by atoms with E-state index in [0.717, 1.165) is 11.3 Å². The molecular weight excluding hydrogens is 328 g/mol. The van der Waals surface area contributed by atoms with Gasteiger partial charge >= 0.3 is 0 Å². The van der Waals surface area contributed by atoms with Crippen LogP contribution in [0.1, 0.15) is 26.3 Å². The third-order valence-corrected chi connectivity index (χ3v) is 4.36. The number of anilines is 1. The Morgan fingerprint density at radius 1 is 1.04 bits per heavy atom. The fourth-order valence-corrected chi connectivity index (χ4v) is 2.73. The molecular formula is C21H26N2O3. The second-order valence-corrected chi connectivity index (χ2v) is 6.50. The molecule has 5 heteroatoms. The number of carbonyl (C=O) groups excluding carboxylic acids is 2. The third kappa shape index (κ3) is 4.23. The van der Waals surface area contributed by atoms with Crippen LogP contribution >= 0.6 is 0 Å². The zero-order valence-electron chi connectivity index (χ0n) is 15.8. The van der Waals surface area contributed by atoms with Crippen molar-refractivity contribution in [3.05, 3.63) is 60.2 Å². The molecule has 0 radical (unpaired) electrons. The van der Waals surface area contributed by atoms with E-state index in [1.54, 1.807) is 25.9 Å². The van der Waals surface area contributed by atoms with Gasteiger partial charge in [0.2, 0.25) is 11.8 Å². The number of hydrogen-bond acceptors (Lipinski definition) is 3. The average Bonchev–Trinajstić information content (AvgIpc) is 2.67. The molecule has 26 heavy (non-hydrogen) atoms. The van der Waals surface area contributed by atoms with Crippen LogP contribution in [0.2, 0.25) is 0 Å². The van der Waals surface area contributed by atoms with Gasteiger partial charge in [-0.2, -0.15) is 0 Å². The molecule has 2 amide bonds. The molecule has 2 rings (SSSR count). The lowest BCUT2D eigenvalue weighted by atomic mass is 9.89. The lowest BCUT2D eigenvalue weighted by Crippen LogP contribution is -2.49. The summed E-state index contributed by atoms with van der Waals surface area (Å²) in [5, 5.41) is 2.86. The van der Waals surface area contributed by atoms with Gasteiger partial charge in [-0.15, -0.1) is 0 Å². The van der Waals surface area contributed by atoms with Crippen LogP contribution in [-0.4, -0.2) is 25.5 Å². The topological polar surface area (TPSA) is 58.6 Å². The lowest BCUT2D eigenvalue weighted by Gasteiger charge is -2.30. The minimum absolute atomic E-state index is 0.233. The fraction of sp³-hybridized carbons (Fsp3) is 0.333. The van der Waals surface area contributed by atoms with Crippen molar-refractivity contribution in [3.63, 3.8) is 0 Å². The van der Waals surface area contributed by atoms with Crippen LogP contribution in [0.3, 0.4) is 0 Å². The highest BCUT2D eigenvalue weighted by Crippen LogP contribution is 2.25.